The van der Waals surface area contributed by atoms with Gasteiger partial charge in [0.15, 0.2) is 5.96 Å². The maximum Gasteiger partial charge on any atom is 0.243 e. The number of hydrogen-bond acceptors (Lipinski definition) is 3. The normalized spacial score (nSPS) is 19.6. The van der Waals surface area contributed by atoms with Gasteiger partial charge in [-0.05, 0) is 31.6 Å². The van der Waals surface area contributed by atoms with Crippen LogP contribution >= 0.6 is 0 Å². The lowest BCUT2D eigenvalue weighted by Gasteiger charge is -2.34. The van der Waals surface area contributed by atoms with E-state index in [1.165, 1.54) is 32.1 Å². The highest BCUT2D eigenvalue weighted by Crippen LogP contribution is 2.22. The quantitative estimate of drug-likeness (QED) is 0.533. The van der Waals surface area contributed by atoms with Gasteiger partial charge in [0, 0.05) is 45.7 Å². The third-order valence-corrected chi connectivity index (χ3v) is 5.80. The molecule has 2 N–H and O–H groups in total. The third-order valence-electron chi connectivity index (χ3n) is 5.80. The van der Waals surface area contributed by atoms with Crippen LogP contribution in [0.2, 0.25) is 0 Å². The van der Waals surface area contributed by atoms with Crippen LogP contribution in [0.4, 0.5) is 0 Å². The van der Waals surface area contributed by atoms with Crippen LogP contribution in [0.1, 0.15) is 58.8 Å². The van der Waals surface area contributed by atoms with Crippen molar-refractivity contribution in [1.29, 1.82) is 0 Å². The molecule has 0 radical (unpaired) electrons. The monoisotopic (exact) mass is 393 g/mol. The Balaban J connectivity index is 1.88. The van der Waals surface area contributed by atoms with E-state index in [1.807, 2.05) is 18.7 Å². The van der Waals surface area contributed by atoms with E-state index >= 15 is 0 Å². The number of amides is 2. The first-order valence-corrected chi connectivity index (χ1v) is 10.9. The molecule has 0 aromatic carbocycles. The largest absolute Gasteiger partial charge is 0.356 e. The Morgan fingerprint density at radius 2 is 1.71 bits per heavy atom. The SMILES string of the molecule is CC(C)C(=O)N1CCC(NC(=NCC(=O)N(C)C)NCC2CCCCC2)CC1. The van der Waals surface area contributed by atoms with Gasteiger partial charge in [0.05, 0.1) is 0 Å². The average Bonchev–Trinajstić information content (AvgIpc) is 2.70. The van der Waals surface area contributed by atoms with E-state index in [9.17, 15) is 9.59 Å². The van der Waals surface area contributed by atoms with Gasteiger partial charge in [-0.25, -0.2) is 4.99 Å². The molecule has 28 heavy (non-hydrogen) atoms. The molecule has 7 heteroatoms. The molecular weight excluding hydrogens is 354 g/mol. The van der Waals surface area contributed by atoms with Crippen molar-refractivity contribution >= 4 is 17.8 Å². The Morgan fingerprint density at radius 3 is 2.29 bits per heavy atom. The Bertz CT molecular complexity index is 533. The van der Waals surface area contributed by atoms with E-state index in [-0.39, 0.29) is 30.3 Å². The van der Waals surface area contributed by atoms with Gasteiger partial charge in [-0.3, -0.25) is 9.59 Å². The minimum Gasteiger partial charge on any atom is -0.356 e. The zero-order valence-corrected chi connectivity index (χ0v) is 18.2. The van der Waals surface area contributed by atoms with E-state index < -0.39 is 0 Å². The number of hydrogen-bond donors (Lipinski definition) is 2. The molecule has 7 nitrogen and oxygen atoms in total. The van der Waals surface area contributed by atoms with Crippen LogP contribution in [0, 0.1) is 11.8 Å². The van der Waals surface area contributed by atoms with Crippen LogP contribution in [0.25, 0.3) is 0 Å². The lowest BCUT2D eigenvalue weighted by atomic mass is 9.89. The number of nitrogens with zero attached hydrogens (tertiary/aromatic N) is 3. The van der Waals surface area contributed by atoms with Crippen LogP contribution in [-0.2, 0) is 9.59 Å². The van der Waals surface area contributed by atoms with Crippen molar-refractivity contribution < 1.29 is 9.59 Å². The second-order valence-electron chi connectivity index (χ2n) is 8.74. The summed E-state index contributed by atoms with van der Waals surface area (Å²) < 4.78 is 0. The highest BCUT2D eigenvalue weighted by Gasteiger charge is 2.25. The van der Waals surface area contributed by atoms with E-state index in [0.717, 1.165) is 38.4 Å². The fourth-order valence-corrected chi connectivity index (χ4v) is 3.88. The molecule has 2 amide bonds. The van der Waals surface area contributed by atoms with Crippen molar-refractivity contribution in [3.63, 3.8) is 0 Å². The fourth-order valence-electron chi connectivity index (χ4n) is 3.88. The molecule has 1 aliphatic carbocycles. The summed E-state index contributed by atoms with van der Waals surface area (Å²) in [6, 6.07) is 0.281. The zero-order valence-electron chi connectivity index (χ0n) is 18.2. The van der Waals surface area contributed by atoms with Crippen LogP contribution in [-0.4, -0.2) is 73.9 Å². The van der Waals surface area contributed by atoms with Crippen molar-refractivity contribution in [1.82, 2.24) is 20.4 Å². The van der Waals surface area contributed by atoms with Crippen molar-refractivity contribution in [3.8, 4) is 0 Å². The van der Waals surface area contributed by atoms with Crippen molar-refractivity contribution in [2.45, 2.75) is 64.8 Å². The molecule has 1 aliphatic heterocycles. The lowest BCUT2D eigenvalue weighted by Crippen LogP contribution is -2.51. The van der Waals surface area contributed by atoms with E-state index in [2.05, 4.69) is 15.6 Å². The second kappa shape index (κ2) is 11.3. The first-order valence-electron chi connectivity index (χ1n) is 10.9. The molecule has 0 bridgehead atoms. The summed E-state index contributed by atoms with van der Waals surface area (Å²) in [6.45, 7) is 6.52. The summed E-state index contributed by atoms with van der Waals surface area (Å²) in [6.07, 6.45) is 8.33. The summed E-state index contributed by atoms with van der Waals surface area (Å²) in [5.41, 5.74) is 0. The van der Waals surface area contributed by atoms with Gasteiger partial charge >= 0.3 is 0 Å². The molecule has 0 aromatic heterocycles. The molecule has 2 aliphatic rings. The highest BCUT2D eigenvalue weighted by molar-refractivity contribution is 5.85. The average molecular weight is 394 g/mol. The zero-order chi connectivity index (χ0) is 20.5. The molecular formula is C21H39N5O2. The number of piperidine rings is 1. The van der Waals surface area contributed by atoms with Crippen LogP contribution < -0.4 is 10.6 Å². The summed E-state index contributed by atoms with van der Waals surface area (Å²) >= 11 is 0. The van der Waals surface area contributed by atoms with Gasteiger partial charge in [0.1, 0.15) is 6.54 Å². The molecule has 0 unspecified atom stereocenters. The van der Waals surface area contributed by atoms with Gasteiger partial charge in [0.2, 0.25) is 11.8 Å². The van der Waals surface area contributed by atoms with Gasteiger partial charge in [-0.15, -0.1) is 0 Å². The first kappa shape index (κ1) is 22.5. The van der Waals surface area contributed by atoms with Gasteiger partial charge < -0.3 is 20.4 Å². The maximum absolute atomic E-state index is 12.2. The molecule has 2 fully saturated rings. The standard InChI is InChI=1S/C21H39N5O2/c1-16(2)20(28)26-12-10-18(11-13-26)24-21(23-15-19(27)25(3)4)22-14-17-8-6-5-7-9-17/h16-18H,5-15H2,1-4H3,(H2,22,23,24). The van der Waals surface area contributed by atoms with Crippen LogP contribution in [0.15, 0.2) is 4.99 Å². The first-order chi connectivity index (χ1) is 13.4. The van der Waals surface area contributed by atoms with Crippen molar-refractivity contribution in [2.75, 3.05) is 40.3 Å². The number of nitrogens with one attached hydrogen (secondary N) is 2. The molecule has 2 rings (SSSR count). The third kappa shape index (κ3) is 7.32. The summed E-state index contributed by atoms with van der Waals surface area (Å²) in [7, 11) is 3.50. The number of aliphatic imine (C=N–C) groups is 1. The van der Waals surface area contributed by atoms with Crippen molar-refractivity contribution in [2.24, 2.45) is 16.8 Å². The predicted molar refractivity (Wildman–Crippen MR) is 113 cm³/mol. The molecule has 160 valence electrons. The number of carbonyl (C=O) groups excluding carboxylic acids is 2. The molecule has 1 saturated heterocycles. The summed E-state index contributed by atoms with van der Waals surface area (Å²) in [5.74, 6) is 1.71. The van der Waals surface area contributed by atoms with Crippen LogP contribution in [0.5, 0.6) is 0 Å². The van der Waals surface area contributed by atoms with Gasteiger partial charge in [-0.2, -0.15) is 0 Å². The van der Waals surface area contributed by atoms with Gasteiger partial charge in [0.25, 0.3) is 0 Å². The molecule has 0 atom stereocenters. The van der Waals surface area contributed by atoms with Gasteiger partial charge in [-0.1, -0.05) is 33.1 Å². The smallest absolute Gasteiger partial charge is 0.243 e. The van der Waals surface area contributed by atoms with Crippen LogP contribution in [0.3, 0.4) is 0 Å². The minimum absolute atomic E-state index is 0.00360. The molecule has 1 saturated carbocycles. The number of likely N-dealkylation sites (tertiary alicyclic amines) is 1. The Labute approximate surface area is 170 Å². The Kier molecular flexibility index (Phi) is 9.06. The summed E-state index contributed by atoms with van der Waals surface area (Å²) in [4.78, 5) is 32.2. The fraction of sp³-hybridized carbons (Fsp3) is 0.857. The van der Waals surface area contributed by atoms with E-state index in [1.54, 1.807) is 19.0 Å². The van der Waals surface area contributed by atoms with Crippen molar-refractivity contribution in [3.05, 3.63) is 0 Å². The number of guanidine groups is 1. The Morgan fingerprint density at radius 1 is 1.07 bits per heavy atom. The minimum atomic E-state index is -0.00360. The summed E-state index contributed by atoms with van der Waals surface area (Å²) in [5, 5.41) is 6.98. The lowest BCUT2D eigenvalue weighted by molar-refractivity contribution is -0.135. The topological polar surface area (TPSA) is 77.0 Å². The number of likely N-dealkylation sites (N-methyl/N-ethyl adjacent to an activating group) is 1. The highest BCUT2D eigenvalue weighted by atomic mass is 16.2. The maximum atomic E-state index is 12.2. The predicted octanol–water partition coefficient (Wildman–Crippen LogP) is 1.84. The Hall–Kier alpha value is -1.79. The molecule has 0 aromatic rings. The number of rotatable bonds is 6. The second-order valence-corrected chi connectivity index (χ2v) is 8.74. The van der Waals surface area contributed by atoms with E-state index in [4.69, 9.17) is 0 Å². The number of carbonyl (C=O) groups is 2. The molecule has 1 heterocycles. The van der Waals surface area contributed by atoms with E-state index in [0.29, 0.717) is 5.92 Å². The molecule has 0 spiro atoms.